The van der Waals surface area contributed by atoms with Crippen LogP contribution in [0.25, 0.3) is 0 Å². The maximum atomic E-state index is 6.30. The van der Waals surface area contributed by atoms with Gasteiger partial charge in [-0.25, -0.2) is 0 Å². The average Bonchev–Trinajstić information content (AvgIpc) is 2.50. The standard InChI is InChI=1S/C21H48OSi2/c1-7-8-9-10-11-12-13-14-15-16-17-18-19-20-21-22-24(5,6)23(2,3)4/h7-21H2,1-6H3. The molecule has 0 bridgehead atoms. The van der Waals surface area contributed by atoms with Crippen molar-refractivity contribution in [3.05, 3.63) is 0 Å². The molecule has 0 atom stereocenters. The van der Waals surface area contributed by atoms with Gasteiger partial charge in [-0.2, -0.15) is 0 Å². The van der Waals surface area contributed by atoms with Gasteiger partial charge in [-0.05, 0) is 19.5 Å². The van der Waals surface area contributed by atoms with Crippen molar-refractivity contribution in [3.63, 3.8) is 0 Å². The molecule has 0 saturated carbocycles. The third-order valence-corrected chi connectivity index (χ3v) is 21.6. The smallest absolute Gasteiger partial charge is 0.173 e. The Morgan fingerprint density at radius 1 is 0.500 bits per heavy atom. The van der Waals surface area contributed by atoms with Crippen molar-refractivity contribution in [3.8, 4) is 0 Å². The lowest BCUT2D eigenvalue weighted by Crippen LogP contribution is -2.54. The predicted octanol–water partition coefficient (Wildman–Crippen LogP) is 8.11. The molecule has 0 aliphatic carbocycles. The first-order chi connectivity index (χ1) is 11.3. The molecule has 24 heavy (non-hydrogen) atoms. The SMILES string of the molecule is CCCCCCCCCCCCCCCCO[Si](C)(C)[Si](C)(C)C. The molecule has 0 aromatic carbocycles. The zero-order valence-electron chi connectivity index (χ0n) is 18.0. The highest BCUT2D eigenvalue weighted by Gasteiger charge is 2.38. The molecule has 146 valence electrons. The van der Waals surface area contributed by atoms with Crippen molar-refractivity contribution in [2.45, 2.75) is 130 Å². The summed E-state index contributed by atoms with van der Waals surface area (Å²) in [5, 5.41) is 0. The average molecular weight is 373 g/mol. The largest absolute Gasteiger partial charge is 0.420 e. The van der Waals surface area contributed by atoms with Crippen LogP contribution in [0.3, 0.4) is 0 Å². The van der Waals surface area contributed by atoms with Crippen molar-refractivity contribution < 1.29 is 4.43 Å². The minimum Gasteiger partial charge on any atom is -0.420 e. The molecular formula is C21H48OSi2. The van der Waals surface area contributed by atoms with E-state index in [1.54, 1.807) is 0 Å². The van der Waals surface area contributed by atoms with Gasteiger partial charge in [-0.1, -0.05) is 110 Å². The van der Waals surface area contributed by atoms with Crippen molar-refractivity contribution in [2.75, 3.05) is 6.61 Å². The fourth-order valence-corrected chi connectivity index (χ4v) is 5.53. The van der Waals surface area contributed by atoms with E-state index < -0.39 is 15.4 Å². The Bertz CT molecular complexity index is 272. The molecule has 0 rings (SSSR count). The van der Waals surface area contributed by atoms with E-state index in [1.807, 2.05) is 0 Å². The van der Waals surface area contributed by atoms with Gasteiger partial charge in [0.25, 0.3) is 0 Å². The summed E-state index contributed by atoms with van der Waals surface area (Å²) in [5.41, 5.74) is 0. The maximum absolute atomic E-state index is 6.30. The summed E-state index contributed by atoms with van der Waals surface area (Å²) >= 11 is 0. The quantitative estimate of drug-likeness (QED) is 0.185. The number of unbranched alkanes of at least 4 members (excludes halogenated alkanes) is 13. The Kier molecular flexibility index (Phi) is 14.8. The van der Waals surface area contributed by atoms with Crippen LogP contribution in [0, 0.1) is 0 Å². The zero-order valence-corrected chi connectivity index (χ0v) is 20.0. The second kappa shape index (κ2) is 14.6. The molecule has 0 aliphatic rings. The van der Waals surface area contributed by atoms with Crippen molar-refractivity contribution in [1.82, 2.24) is 0 Å². The highest BCUT2D eigenvalue weighted by molar-refractivity contribution is 7.37. The zero-order chi connectivity index (χ0) is 18.3. The van der Waals surface area contributed by atoms with Crippen LogP contribution in [0.2, 0.25) is 32.7 Å². The number of hydrogen-bond acceptors (Lipinski definition) is 1. The third-order valence-electron chi connectivity index (χ3n) is 5.77. The van der Waals surface area contributed by atoms with Crippen LogP contribution in [-0.2, 0) is 4.43 Å². The molecule has 0 heterocycles. The second-order valence-corrected chi connectivity index (χ2v) is 25.1. The van der Waals surface area contributed by atoms with Gasteiger partial charge in [-0.3, -0.25) is 0 Å². The van der Waals surface area contributed by atoms with Crippen molar-refractivity contribution in [2.24, 2.45) is 0 Å². The molecule has 0 spiro atoms. The third kappa shape index (κ3) is 13.7. The summed E-state index contributed by atoms with van der Waals surface area (Å²) in [6, 6.07) is 0. The molecule has 0 N–H and O–H groups in total. The summed E-state index contributed by atoms with van der Waals surface area (Å²) in [4.78, 5) is 0. The molecule has 0 aromatic heterocycles. The molecule has 0 aliphatic heterocycles. The van der Waals surface area contributed by atoms with Gasteiger partial charge in [0.1, 0.15) is 0 Å². The van der Waals surface area contributed by atoms with Gasteiger partial charge < -0.3 is 4.43 Å². The van der Waals surface area contributed by atoms with E-state index in [9.17, 15) is 0 Å². The molecule has 1 nitrogen and oxygen atoms in total. The van der Waals surface area contributed by atoms with E-state index in [0.29, 0.717) is 0 Å². The van der Waals surface area contributed by atoms with E-state index in [2.05, 4.69) is 39.7 Å². The Morgan fingerprint density at radius 2 is 0.833 bits per heavy atom. The molecule has 0 aromatic rings. The van der Waals surface area contributed by atoms with Crippen LogP contribution in [-0.4, -0.2) is 22.0 Å². The lowest BCUT2D eigenvalue weighted by Gasteiger charge is -2.34. The van der Waals surface area contributed by atoms with Gasteiger partial charge in [0.15, 0.2) is 7.83 Å². The molecule has 0 saturated heterocycles. The molecule has 3 heteroatoms. The molecule has 0 amide bonds. The number of rotatable bonds is 17. The Labute approximate surface area is 156 Å². The minimum atomic E-state index is -1.37. The fourth-order valence-electron chi connectivity index (χ4n) is 2.84. The van der Waals surface area contributed by atoms with E-state index >= 15 is 0 Å². The van der Waals surface area contributed by atoms with Gasteiger partial charge in [0.2, 0.25) is 0 Å². The first kappa shape index (κ1) is 24.4. The first-order valence-electron chi connectivity index (χ1n) is 10.9. The van der Waals surface area contributed by atoms with Gasteiger partial charge >= 0.3 is 0 Å². The van der Waals surface area contributed by atoms with E-state index in [0.717, 1.165) is 6.61 Å². The first-order valence-corrected chi connectivity index (χ1v) is 18.4. The highest BCUT2D eigenvalue weighted by Crippen LogP contribution is 2.20. The highest BCUT2D eigenvalue weighted by atomic mass is 29.3. The van der Waals surface area contributed by atoms with Gasteiger partial charge in [0.05, 0.1) is 7.59 Å². The fraction of sp³-hybridized carbons (Fsp3) is 1.00. The topological polar surface area (TPSA) is 9.23 Å². The molecule has 0 radical (unpaired) electrons. The molecule has 0 unspecified atom stereocenters. The monoisotopic (exact) mass is 372 g/mol. The second-order valence-electron chi connectivity index (χ2n) is 9.20. The molecule has 0 fully saturated rings. The maximum Gasteiger partial charge on any atom is 0.173 e. The van der Waals surface area contributed by atoms with Crippen molar-refractivity contribution in [1.29, 1.82) is 0 Å². The van der Waals surface area contributed by atoms with Crippen LogP contribution in [0.15, 0.2) is 0 Å². The summed E-state index contributed by atoms with van der Waals surface area (Å²) in [5.74, 6) is 0. The van der Waals surface area contributed by atoms with E-state index in [1.165, 1.54) is 89.9 Å². The number of hydrogen-bond donors (Lipinski definition) is 0. The van der Waals surface area contributed by atoms with Crippen LogP contribution in [0.4, 0.5) is 0 Å². The summed E-state index contributed by atoms with van der Waals surface area (Å²) < 4.78 is 6.30. The van der Waals surface area contributed by atoms with Crippen LogP contribution >= 0.6 is 0 Å². The lowest BCUT2D eigenvalue weighted by atomic mass is 10.0. The van der Waals surface area contributed by atoms with Crippen LogP contribution < -0.4 is 0 Å². The normalized spacial score (nSPS) is 12.8. The lowest BCUT2D eigenvalue weighted by molar-refractivity contribution is 0.304. The Morgan fingerprint density at radius 3 is 1.17 bits per heavy atom. The van der Waals surface area contributed by atoms with Crippen LogP contribution in [0.5, 0.6) is 0 Å². The minimum absolute atomic E-state index is 1.02. The van der Waals surface area contributed by atoms with Gasteiger partial charge in [-0.15, -0.1) is 0 Å². The van der Waals surface area contributed by atoms with Gasteiger partial charge in [0, 0.05) is 6.61 Å². The summed E-state index contributed by atoms with van der Waals surface area (Å²) in [6.07, 6.45) is 20.0. The Balaban J connectivity index is 3.24. The summed E-state index contributed by atoms with van der Waals surface area (Å²) in [6.45, 7) is 15.5. The predicted molar refractivity (Wildman–Crippen MR) is 117 cm³/mol. The van der Waals surface area contributed by atoms with Crippen molar-refractivity contribution >= 4 is 15.4 Å². The van der Waals surface area contributed by atoms with E-state index in [4.69, 9.17) is 4.43 Å². The van der Waals surface area contributed by atoms with E-state index in [-0.39, 0.29) is 0 Å². The molecular weight excluding hydrogens is 324 g/mol. The Hall–Kier alpha value is 0.394. The summed E-state index contributed by atoms with van der Waals surface area (Å²) in [7, 11) is -2.45. The van der Waals surface area contributed by atoms with Crippen LogP contribution in [0.1, 0.15) is 96.8 Å².